The van der Waals surface area contributed by atoms with Gasteiger partial charge in [-0.05, 0) is 55.5 Å². The van der Waals surface area contributed by atoms with Gasteiger partial charge in [0, 0.05) is 34.1 Å². The Morgan fingerprint density at radius 3 is 2.47 bits per heavy atom. The maximum Gasteiger partial charge on any atom is 0.327 e. The first-order chi connectivity index (χ1) is 15.3. The summed E-state index contributed by atoms with van der Waals surface area (Å²) in [7, 11) is 0. The number of amides is 1. The number of hydrogen-bond acceptors (Lipinski definition) is 5. The molecule has 0 saturated carbocycles. The lowest BCUT2D eigenvalue weighted by atomic mass is 10.2. The van der Waals surface area contributed by atoms with Gasteiger partial charge in [0.1, 0.15) is 6.26 Å². The Bertz CT molecular complexity index is 1330. The van der Waals surface area contributed by atoms with Gasteiger partial charge in [0.05, 0.1) is 22.8 Å². The summed E-state index contributed by atoms with van der Waals surface area (Å²) in [6.07, 6.45) is 4.72. The predicted molar refractivity (Wildman–Crippen MR) is 122 cm³/mol. The van der Waals surface area contributed by atoms with Gasteiger partial charge in [-0.2, -0.15) is 4.98 Å². The SMILES string of the molecule is Cc1ccc(C(=O)NCc2cn(-c3ccc(-n4cccc(F)c4=O)cc3)c([S+](C)[O-])n2)s1. The molecule has 0 radical (unpaired) electrons. The van der Waals surface area contributed by atoms with Crippen molar-refractivity contribution in [3.63, 3.8) is 0 Å². The molecule has 0 saturated heterocycles. The van der Waals surface area contributed by atoms with Crippen molar-refractivity contribution >= 4 is 28.4 Å². The van der Waals surface area contributed by atoms with E-state index < -0.39 is 22.6 Å². The highest BCUT2D eigenvalue weighted by Gasteiger charge is 2.19. The summed E-state index contributed by atoms with van der Waals surface area (Å²) in [6, 6.07) is 13.0. The minimum atomic E-state index is -1.38. The molecule has 4 rings (SSSR count). The summed E-state index contributed by atoms with van der Waals surface area (Å²) in [5, 5.41) is 3.16. The van der Waals surface area contributed by atoms with Crippen molar-refractivity contribution in [1.82, 2.24) is 19.4 Å². The Balaban J connectivity index is 1.57. The zero-order chi connectivity index (χ0) is 22.8. The molecule has 3 aromatic heterocycles. The molecule has 0 aliphatic rings. The Labute approximate surface area is 190 Å². The second-order valence-electron chi connectivity index (χ2n) is 6.98. The zero-order valence-corrected chi connectivity index (χ0v) is 18.9. The van der Waals surface area contributed by atoms with Crippen molar-refractivity contribution in [3.8, 4) is 11.4 Å². The third-order valence-corrected chi connectivity index (χ3v) is 6.48. The van der Waals surface area contributed by atoms with Crippen molar-refractivity contribution in [2.24, 2.45) is 0 Å². The first kappa shape index (κ1) is 22.0. The van der Waals surface area contributed by atoms with Crippen LogP contribution in [0.1, 0.15) is 20.2 Å². The first-order valence-corrected chi connectivity index (χ1v) is 12.0. The van der Waals surface area contributed by atoms with E-state index >= 15 is 0 Å². The average molecular weight is 471 g/mol. The number of pyridine rings is 1. The third-order valence-electron chi connectivity index (χ3n) is 4.68. The molecule has 1 unspecified atom stereocenters. The maximum absolute atomic E-state index is 13.6. The van der Waals surface area contributed by atoms with E-state index in [-0.39, 0.29) is 12.5 Å². The highest BCUT2D eigenvalue weighted by molar-refractivity contribution is 7.90. The van der Waals surface area contributed by atoms with Crippen LogP contribution < -0.4 is 10.9 Å². The molecule has 4 aromatic rings. The summed E-state index contributed by atoms with van der Waals surface area (Å²) in [6.45, 7) is 2.12. The first-order valence-electron chi connectivity index (χ1n) is 9.58. The van der Waals surface area contributed by atoms with Crippen LogP contribution in [0.2, 0.25) is 0 Å². The number of thiophene rings is 1. The lowest BCUT2D eigenvalue weighted by Crippen LogP contribution is -2.22. The molecule has 0 fully saturated rings. The molecule has 7 nitrogen and oxygen atoms in total. The number of imidazole rings is 1. The van der Waals surface area contributed by atoms with Gasteiger partial charge in [0.15, 0.2) is 5.82 Å². The largest absolute Gasteiger partial charge is 0.609 e. The van der Waals surface area contributed by atoms with E-state index in [9.17, 15) is 18.5 Å². The molecule has 0 bridgehead atoms. The van der Waals surface area contributed by atoms with Crippen LogP contribution in [0.15, 0.2) is 70.9 Å². The molecule has 1 atom stereocenters. The monoisotopic (exact) mass is 470 g/mol. The number of carbonyl (C=O) groups excluding carboxylic acids is 1. The van der Waals surface area contributed by atoms with Crippen LogP contribution in [0.25, 0.3) is 11.4 Å². The van der Waals surface area contributed by atoms with E-state index in [4.69, 9.17) is 0 Å². The van der Waals surface area contributed by atoms with Crippen LogP contribution in [-0.4, -0.2) is 30.8 Å². The van der Waals surface area contributed by atoms with Gasteiger partial charge in [-0.25, -0.2) is 4.39 Å². The van der Waals surface area contributed by atoms with Crippen LogP contribution >= 0.6 is 11.3 Å². The van der Waals surface area contributed by atoms with Gasteiger partial charge in [-0.3, -0.25) is 18.7 Å². The molecule has 1 amide bonds. The lowest BCUT2D eigenvalue weighted by molar-refractivity contribution is 0.0954. The van der Waals surface area contributed by atoms with Crippen molar-refractivity contribution in [2.75, 3.05) is 6.26 Å². The Hall–Kier alpha value is -3.21. The fourth-order valence-electron chi connectivity index (χ4n) is 3.14. The molecule has 0 aliphatic carbocycles. The molecular formula is C22H19FN4O3S2. The molecule has 32 heavy (non-hydrogen) atoms. The number of hydrogen-bond donors (Lipinski definition) is 1. The van der Waals surface area contributed by atoms with Crippen molar-refractivity contribution in [2.45, 2.75) is 18.6 Å². The highest BCUT2D eigenvalue weighted by atomic mass is 32.2. The quantitative estimate of drug-likeness (QED) is 0.438. The van der Waals surface area contributed by atoms with Gasteiger partial charge in [-0.1, -0.05) is 0 Å². The van der Waals surface area contributed by atoms with Gasteiger partial charge in [0.2, 0.25) is 0 Å². The van der Waals surface area contributed by atoms with E-state index in [0.717, 1.165) is 10.9 Å². The fourth-order valence-corrected chi connectivity index (χ4v) is 4.61. The number of rotatable bonds is 6. The molecule has 1 aromatic carbocycles. The summed E-state index contributed by atoms with van der Waals surface area (Å²) in [5.74, 6) is -1.03. The Morgan fingerprint density at radius 1 is 1.16 bits per heavy atom. The smallest absolute Gasteiger partial charge is 0.327 e. The molecular weight excluding hydrogens is 451 g/mol. The average Bonchev–Trinajstić information content (AvgIpc) is 3.41. The Morgan fingerprint density at radius 2 is 1.84 bits per heavy atom. The second-order valence-corrected chi connectivity index (χ2v) is 9.54. The van der Waals surface area contributed by atoms with E-state index in [0.29, 0.717) is 27.1 Å². The van der Waals surface area contributed by atoms with Crippen LogP contribution in [0, 0.1) is 12.7 Å². The van der Waals surface area contributed by atoms with Crippen LogP contribution in [0.3, 0.4) is 0 Å². The summed E-state index contributed by atoms with van der Waals surface area (Å²) in [4.78, 5) is 30.4. The minimum absolute atomic E-state index is 0.184. The van der Waals surface area contributed by atoms with Gasteiger partial charge >= 0.3 is 5.16 Å². The van der Waals surface area contributed by atoms with Crippen LogP contribution in [0.4, 0.5) is 4.39 Å². The van der Waals surface area contributed by atoms with Crippen LogP contribution in [-0.2, 0) is 17.7 Å². The van der Waals surface area contributed by atoms with Gasteiger partial charge < -0.3 is 9.87 Å². The molecule has 10 heteroatoms. The normalized spacial score (nSPS) is 12.0. The van der Waals surface area contributed by atoms with Gasteiger partial charge in [0.25, 0.3) is 11.5 Å². The zero-order valence-electron chi connectivity index (χ0n) is 17.2. The molecule has 0 spiro atoms. The fraction of sp³-hybridized carbons (Fsp3) is 0.136. The van der Waals surface area contributed by atoms with Crippen LogP contribution in [0.5, 0.6) is 0 Å². The lowest BCUT2D eigenvalue weighted by Gasteiger charge is -2.10. The number of carbonyl (C=O) groups is 1. The Kier molecular flexibility index (Phi) is 6.26. The van der Waals surface area contributed by atoms with E-state index in [1.54, 1.807) is 41.1 Å². The number of benzene rings is 1. The topological polar surface area (TPSA) is 92.0 Å². The van der Waals surface area contributed by atoms with E-state index in [2.05, 4.69) is 10.3 Å². The highest BCUT2D eigenvalue weighted by Crippen LogP contribution is 2.19. The number of aryl methyl sites for hydroxylation is 1. The standard InChI is InChI=1S/C22H19FN4O3S2/c1-14-5-10-19(31-14)20(28)24-12-15-13-27(22(25-15)32(2)30)17-8-6-16(7-9-17)26-11-3-4-18(23)21(26)29/h3-11,13H,12H2,1-2H3,(H,24,28). The van der Waals surface area contributed by atoms with E-state index in [1.807, 2.05) is 13.0 Å². The van der Waals surface area contributed by atoms with E-state index in [1.165, 1.54) is 34.4 Å². The second kappa shape index (κ2) is 9.11. The number of aromatic nitrogens is 3. The predicted octanol–water partition coefficient (Wildman–Crippen LogP) is 3.20. The third kappa shape index (κ3) is 4.52. The van der Waals surface area contributed by atoms with Crippen molar-refractivity contribution in [1.29, 1.82) is 0 Å². The maximum atomic E-state index is 13.6. The number of nitrogens with one attached hydrogen (secondary N) is 1. The molecule has 0 aliphatic heterocycles. The number of nitrogens with zero attached hydrogens (tertiary/aromatic N) is 3. The summed E-state index contributed by atoms with van der Waals surface area (Å²) in [5.41, 5.74) is 0.984. The number of halogens is 1. The molecule has 164 valence electrons. The molecule has 3 heterocycles. The van der Waals surface area contributed by atoms with Crippen molar-refractivity contribution in [3.05, 3.63) is 92.5 Å². The van der Waals surface area contributed by atoms with Gasteiger partial charge in [-0.15, -0.1) is 11.3 Å². The summed E-state index contributed by atoms with van der Waals surface area (Å²) >= 11 is 0.0297. The molecule has 1 N–H and O–H groups in total. The summed E-state index contributed by atoms with van der Waals surface area (Å²) < 4.78 is 28.7. The van der Waals surface area contributed by atoms with Crippen molar-refractivity contribution < 1.29 is 13.7 Å². The minimum Gasteiger partial charge on any atom is -0.609 e.